The second-order valence-electron chi connectivity index (χ2n) is 6.37. The van der Waals surface area contributed by atoms with Crippen LogP contribution in [0, 0.1) is 17.1 Å². The first-order chi connectivity index (χ1) is 11.5. The van der Waals surface area contributed by atoms with Gasteiger partial charge < -0.3 is 5.32 Å². The number of carbonyl (C=O) groups is 1. The maximum absolute atomic E-state index is 13.6. The molecule has 24 heavy (non-hydrogen) atoms. The predicted octanol–water partition coefficient (Wildman–Crippen LogP) is 4.00. The van der Waals surface area contributed by atoms with E-state index in [2.05, 4.69) is 11.4 Å². The number of halogens is 1. The molecule has 0 radical (unpaired) electrons. The Morgan fingerprint density at radius 3 is 2.50 bits per heavy atom. The van der Waals surface area contributed by atoms with Gasteiger partial charge in [0.2, 0.25) is 5.91 Å². The van der Waals surface area contributed by atoms with Gasteiger partial charge in [-0.1, -0.05) is 30.7 Å². The number of carbonyl (C=O) groups excluding carboxylic acids is 1. The fourth-order valence-corrected chi connectivity index (χ4v) is 3.23. The molecule has 1 aliphatic carbocycles. The van der Waals surface area contributed by atoms with Crippen LogP contribution in [0.2, 0.25) is 0 Å². The highest BCUT2D eigenvalue weighted by Crippen LogP contribution is 2.44. The second-order valence-corrected chi connectivity index (χ2v) is 6.37. The first-order valence-electron chi connectivity index (χ1n) is 8.12. The van der Waals surface area contributed by atoms with Gasteiger partial charge in [-0.25, -0.2) is 4.39 Å². The minimum absolute atomic E-state index is 0.0591. The van der Waals surface area contributed by atoms with Crippen LogP contribution >= 0.6 is 0 Å². The van der Waals surface area contributed by atoms with Crippen molar-refractivity contribution in [3.05, 3.63) is 71.0 Å². The van der Waals surface area contributed by atoms with Crippen LogP contribution < -0.4 is 5.32 Å². The fourth-order valence-electron chi connectivity index (χ4n) is 3.23. The molecule has 0 saturated heterocycles. The summed E-state index contributed by atoms with van der Waals surface area (Å²) < 4.78 is 13.6. The molecule has 122 valence electrons. The number of nitrogens with zero attached hydrogens (tertiary/aromatic N) is 1. The number of rotatable bonds is 4. The van der Waals surface area contributed by atoms with Crippen LogP contribution in [0.5, 0.6) is 0 Å². The number of benzene rings is 2. The van der Waals surface area contributed by atoms with Crippen molar-refractivity contribution in [2.75, 3.05) is 0 Å². The molecule has 1 fully saturated rings. The van der Waals surface area contributed by atoms with E-state index in [1.165, 1.54) is 12.1 Å². The first-order valence-corrected chi connectivity index (χ1v) is 8.12. The Morgan fingerprint density at radius 1 is 1.25 bits per heavy atom. The molecule has 0 aromatic heterocycles. The summed E-state index contributed by atoms with van der Waals surface area (Å²) in [4.78, 5) is 12.9. The zero-order chi connectivity index (χ0) is 17.2. The fraction of sp³-hybridized carbons (Fsp3) is 0.300. The molecule has 1 atom stereocenters. The molecular formula is C20H19FN2O. The molecule has 1 amide bonds. The summed E-state index contributed by atoms with van der Waals surface area (Å²) in [6.07, 6.45) is 2.44. The summed E-state index contributed by atoms with van der Waals surface area (Å²) in [5.41, 5.74) is 1.66. The van der Waals surface area contributed by atoms with Crippen molar-refractivity contribution in [1.29, 1.82) is 5.26 Å². The lowest BCUT2D eigenvalue weighted by Gasteiger charge is -2.41. The Bertz CT molecular complexity index is 788. The first kappa shape index (κ1) is 16.2. The van der Waals surface area contributed by atoms with Crippen molar-refractivity contribution >= 4 is 5.91 Å². The molecule has 3 rings (SSSR count). The van der Waals surface area contributed by atoms with E-state index >= 15 is 0 Å². The van der Waals surface area contributed by atoms with Crippen molar-refractivity contribution in [2.24, 2.45) is 0 Å². The van der Waals surface area contributed by atoms with Gasteiger partial charge in [-0.15, -0.1) is 0 Å². The summed E-state index contributed by atoms with van der Waals surface area (Å²) in [5.74, 6) is -0.372. The Labute approximate surface area is 141 Å². The average Bonchev–Trinajstić information content (AvgIpc) is 2.54. The lowest BCUT2D eigenvalue weighted by molar-refractivity contribution is -0.130. The molecule has 0 bridgehead atoms. The summed E-state index contributed by atoms with van der Waals surface area (Å²) in [6.45, 7) is 1.91. The Kier molecular flexibility index (Phi) is 4.35. The number of nitriles is 1. The molecule has 1 N–H and O–H groups in total. The van der Waals surface area contributed by atoms with Gasteiger partial charge in [-0.2, -0.15) is 5.26 Å². The van der Waals surface area contributed by atoms with Crippen molar-refractivity contribution < 1.29 is 9.18 Å². The maximum Gasteiger partial charge on any atom is 0.231 e. The molecule has 4 heteroatoms. The third-order valence-electron chi connectivity index (χ3n) is 4.91. The topological polar surface area (TPSA) is 52.9 Å². The molecule has 3 nitrogen and oxygen atoms in total. The molecule has 1 unspecified atom stereocenters. The molecule has 2 aromatic carbocycles. The van der Waals surface area contributed by atoms with Gasteiger partial charge in [-0.05, 0) is 55.2 Å². The SMILES string of the molecule is CC(NC(=O)C1(c2cccc(F)c2)CCC1)c1ccc(C#N)cc1. The molecule has 1 aliphatic rings. The van der Waals surface area contributed by atoms with Gasteiger partial charge in [0.25, 0.3) is 0 Å². The van der Waals surface area contributed by atoms with Crippen LogP contribution in [0.3, 0.4) is 0 Å². The van der Waals surface area contributed by atoms with E-state index in [-0.39, 0.29) is 17.8 Å². The minimum Gasteiger partial charge on any atom is -0.349 e. The zero-order valence-corrected chi connectivity index (χ0v) is 13.6. The van der Waals surface area contributed by atoms with E-state index in [0.717, 1.165) is 30.4 Å². The molecular weight excluding hydrogens is 303 g/mol. The molecule has 2 aromatic rings. The Balaban J connectivity index is 1.78. The quantitative estimate of drug-likeness (QED) is 0.925. The van der Waals surface area contributed by atoms with Crippen LogP contribution in [-0.4, -0.2) is 5.91 Å². The van der Waals surface area contributed by atoms with Crippen LogP contribution in [0.1, 0.15) is 48.9 Å². The van der Waals surface area contributed by atoms with Crippen LogP contribution in [-0.2, 0) is 10.2 Å². The maximum atomic E-state index is 13.6. The third kappa shape index (κ3) is 2.90. The predicted molar refractivity (Wildman–Crippen MR) is 89.6 cm³/mol. The summed E-state index contributed by atoms with van der Waals surface area (Å²) in [7, 11) is 0. The zero-order valence-electron chi connectivity index (χ0n) is 13.6. The number of hydrogen-bond acceptors (Lipinski definition) is 2. The largest absolute Gasteiger partial charge is 0.349 e. The molecule has 1 saturated carbocycles. The van der Waals surface area contributed by atoms with Gasteiger partial charge in [0.15, 0.2) is 0 Å². The van der Waals surface area contributed by atoms with Gasteiger partial charge in [0.05, 0.1) is 23.1 Å². The van der Waals surface area contributed by atoms with E-state index in [4.69, 9.17) is 5.26 Å². The van der Waals surface area contributed by atoms with Crippen molar-refractivity contribution in [1.82, 2.24) is 5.32 Å². The van der Waals surface area contributed by atoms with Crippen molar-refractivity contribution in [3.8, 4) is 6.07 Å². The van der Waals surface area contributed by atoms with E-state index in [9.17, 15) is 9.18 Å². The molecule has 0 spiro atoms. The smallest absolute Gasteiger partial charge is 0.231 e. The average molecular weight is 322 g/mol. The number of nitrogens with one attached hydrogen (secondary N) is 1. The van der Waals surface area contributed by atoms with Gasteiger partial charge in [0, 0.05) is 0 Å². The third-order valence-corrected chi connectivity index (χ3v) is 4.91. The van der Waals surface area contributed by atoms with Crippen LogP contribution in [0.4, 0.5) is 4.39 Å². The standard InChI is InChI=1S/C20H19FN2O/c1-14(16-8-6-15(13-22)7-9-16)23-19(24)20(10-3-11-20)17-4-2-5-18(21)12-17/h2,4-9,12,14H,3,10-11H2,1H3,(H,23,24). The number of hydrogen-bond donors (Lipinski definition) is 1. The normalized spacial score (nSPS) is 16.5. The minimum atomic E-state index is -0.622. The Morgan fingerprint density at radius 2 is 1.96 bits per heavy atom. The van der Waals surface area contributed by atoms with E-state index in [1.807, 2.05) is 25.1 Å². The van der Waals surface area contributed by atoms with Gasteiger partial charge in [0.1, 0.15) is 5.82 Å². The number of amides is 1. The van der Waals surface area contributed by atoms with Gasteiger partial charge in [-0.3, -0.25) is 4.79 Å². The van der Waals surface area contributed by atoms with Crippen LogP contribution in [0.15, 0.2) is 48.5 Å². The second kappa shape index (κ2) is 6.45. The van der Waals surface area contributed by atoms with E-state index < -0.39 is 5.41 Å². The Hall–Kier alpha value is -2.67. The molecule has 0 aliphatic heterocycles. The summed E-state index contributed by atoms with van der Waals surface area (Å²) >= 11 is 0. The van der Waals surface area contributed by atoms with Crippen molar-refractivity contribution in [2.45, 2.75) is 37.6 Å². The summed E-state index contributed by atoms with van der Waals surface area (Å²) in [6, 6.07) is 15.4. The van der Waals surface area contributed by atoms with E-state index in [0.29, 0.717) is 5.56 Å². The highest BCUT2D eigenvalue weighted by atomic mass is 19.1. The van der Waals surface area contributed by atoms with Gasteiger partial charge >= 0.3 is 0 Å². The highest BCUT2D eigenvalue weighted by Gasteiger charge is 2.46. The lowest BCUT2D eigenvalue weighted by atomic mass is 9.63. The molecule has 0 heterocycles. The summed E-state index contributed by atoms with van der Waals surface area (Å²) in [5, 5.41) is 11.9. The van der Waals surface area contributed by atoms with Crippen LogP contribution in [0.25, 0.3) is 0 Å². The van der Waals surface area contributed by atoms with Crippen molar-refractivity contribution in [3.63, 3.8) is 0 Å². The highest BCUT2D eigenvalue weighted by molar-refractivity contribution is 5.89. The lowest BCUT2D eigenvalue weighted by Crippen LogP contribution is -2.49. The monoisotopic (exact) mass is 322 g/mol. The van der Waals surface area contributed by atoms with E-state index in [1.54, 1.807) is 18.2 Å².